The van der Waals surface area contributed by atoms with E-state index < -0.39 is 0 Å². The van der Waals surface area contributed by atoms with E-state index in [1.165, 1.54) is 18.4 Å². The highest BCUT2D eigenvalue weighted by Gasteiger charge is 2.26. The highest BCUT2D eigenvalue weighted by Crippen LogP contribution is 2.28. The summed E-state index contributed by atoms with van der Waals surface area (Å²) in [5.74, 6) is 1.81. The molecule has 0 amide bonds. The quantitative estimate of drug-likeness (QED) is 0.599. The molecule has 2 saturated heterocycles. The number of aliphatic imine (C=N–C) groups is 1. The van der Waals surface area contributed by atoms with Crippen LogP contribution in [0.4, 0.5) is 0 Å². The highest BCUT2D eigenvalue weighted by molar-refractivity contribution is 5.80. The zero-order chi connectivity index (χ0) is 18.4. The number of methoxy groups -OCH3 is 1. The second-order valence-corrected chi connectivity index (χ2v) is 7.12. The Morgan fingerprint density at radius 1 is 1.35 bits per heavy atom. The highest BCUT2D eigenvalue weighted by atomic mass is 16.5. The van der Waals surface area contributed by atoms with Gasteiger partial charge in [0.25, 0.3) is 0 Å². The molecule has 2 fully saturated rings. The second kappa shape index (κ2) is 9.24. The summed E-state index contributed by atoms with van der Waals surface area (Å²) in [6.45, 7) is 7.40. The first-order valence-electron chi connectivity index (χ1n) is 9.80. The van der Waals surface area contributed by atoms with Crippen molar-refractivity contribution in [1.82, 2.24) is 15.1 Å². The zero-order valence-corrected chi connectivity index (χ0v) is 16.0. The molecule has 1 aromatic carbocycles. The van der Waals surface area contributed by atoms with Crippen LogP contribution in [0.1, 0.15) is 37.8 Å². The lowest BCUT2D eigenvalue weighted by molar-refractivity contribution is 0.187. The molecular formula is C20H32N4O2. The summed E-state index contributed by atoms with van der Waals surface area (Å²) in [5, 5.41) is 13.2. The summed E-state index contributed by atoms with van der Waals surface area (Å²) in [6, 6.07) is 8.61. The van der Waals surface area contributed by atoms with Crippen LogP contribution in [0.3, 0.4) is 0 Å². The molecule has 144 valence electrons. The maximum absolute atomic E-state index is 9.86. The van der Waals surface area contributed by atoms with Crippen LogP contribution >= 0.6 is 0 Å². The fourth-order valence-electron chi connectivity index (χ4n) is 3.87. The van der Waals surface area contributed by atoms with Crippen LogP contribution in [0.5, 0.6) is 5.75 Å². The van der Waals surface area contributed by atoms with Crippen molar-refractivity contribution in [3.8, 4) is 5.75 Å². The van der Waals surface area contributed by atoms with Gasteiger partial charge in [-0.3, -0.25) is 9.89 Å². The maximum Gasteiger partial charge on any atom is 0.194 e. The lowest BCUT2D eigenvalue weighted by Gasteiger charge is -2.28. The molecule has 6 heteroatoms. The molecule has 0 saturated carbocycles. The molecule has 0 bridgehead atoms. The van der Waals surface area contributed by atoms with E-state index in [0.717, 1.165) is 44.3 Å². The average Bonchev–Trinajstić information content (AvgIpc) is 3.33. The number of benzene rings is 1. The number of guanidine groups is 1. The molecular weight excluding hydrogens is 328 g/mol. The first-order valence-corrected chi connectivity index (χ1v) is 9.80. The standard InChI is InChI=1S/C20H32N4O2/c1-3-21-20(24-12-9-17(25)15-24)22-14-19(23-10-4-5-11-23)16-7-6-8-18(13-16)26-2/h6-8,13,17,19,25H,3-5,9-12,14-15H2,1-2H3,(H,21,22)/t17-,19?/m1/s1. The fraction of sp³-hybridized carbons (Fsp3) is 0.650. The van der Waals surface area contributed by atoms with Gasteiger partial charge in [0, 0.05) is 19.6 Å². The molecule has 0 radical (unpaired) electrons. The van der Waals surface area contributed by atoms with Crippen LogP contribution in [0, 0.1) is 0 Å². The Morgan fingerprint density at radius 3 is 2.81 bits per heavy atom. The molecule has 3 rings (SSSR count). The van der Waals surface area contributed by atoms with Gasteiger partial charge >= 0.3 is 0 Å². The first kappa shape index (κ1) is 19.0. The van der Waals surface area contributed by atoms with Gasteiger partial charge in [0.2, 0.25) is 0 Å². The molecule has 6 nitrogen and oxygen atoms in total. The lowest BCUT2D eigenvalue weighted by Crippen LogP contribution is -2.41. The van der Waals surface area contributed by atoms with Crippen molar-refractivity contribution in [1.29, 1.82) is 0 Å². The molecule has 2 N–H and O–H groups in total. The van der Waals surface area contributed by atoms with Crippen molar-refractivity contribution in [2.75, 3.05) is 46.4 Å². The molecule has 0 aliphatic carbocycles. The Balaban J connectivity index is 1.79. The average molecular weight is 361 g/mol. The predicted molar refractivity (Wildman–Crippen MR) is 105 cm³/mol. The Hall–Kier alpha value is -1.79. The van der Waals surface area contributed by atoms with E-state index in [-0.39, 0.29) is 12.1 Å². The molecule has 2 heterocycles. The number of nitrogens with one attached hydrogen (secondary N) is 1. The van der Waals surface area contributed by atoms with Crippen molar-refractivity contribution in [3.05, 3.63) is 29.8 Å². The third kappa shape index (κ3) is 4.68. The number of nitrogens with zero attached hydrogens (tertiary/aromatic N) is 3. The van der Waals surface area contributed by atoms with E-state index >= 15 is 0 Å². The topological polar surface area (TPSA) is 60.3 Å². The van der Waals surface area contributed by atoms with Gasteiger partial charge in [-0.1, -0.05) is 12.1 Å². The minimum atomic E-state index is -0.244. The van der Waals surface area contributed by atoms with Crippen molar-refractivity contribution in [2.45, 2.75) is 38.3 Å². The van der Waals surface area contributed by atoms with Crippen molar-refractivity contribution in [2.24, 2.45) is 4.99 Å². The van der Waals surface area contributed by atoms with Crippen LogP contribution in [0.25, 0.3) is 0 Å². The molecule has 1 aromatic rings. The predicted octanol–water partition coefficient (Wildman–Crippen LogP) is 1.86. The number of hydrogen-bond acceptors (Lipinski definition) is 4. The largest absolute Gasteiger partial charge is 0.497 e. The first-order chi connectivity index (χ1) is 12.7. The molecule has 0 spiro atoms. The van der Waals surface area contributed by atoms with E-state index in [1.54, 1.807) is 7.11 Å². The van der Waals surface area contributed by atoms with Crippen LogP contribution in [0.2, 0.25) is 0 Å². The molecule has 2 aliphatic rings. The van der Waals surface area contributed by atoms with Gasteiger partial charge in [0.05, 0.1) is 25.8 Å². The molecule has 0 aromatic heterocycles. The summed E-state index contributed by atoms with van der Waals surface area (Å²) in [4.78, 5) is 9.64. The molecule has 2 atom stereocenters. The van der Waals surface area contributed by atoms with Crippen LogP contribution in [-0.2, 0) is 0 Å². The summed E-state index contributed by atoms with van der Waals surface area (Å²) in [7, 11) is 1.71. The second-order valence-electron chi connectivity index (χ2n) is 7.12. The summed E-state index contributed by atoms with van der Waals surface area (Å²) < 4.78 is 5.42. The Bertz CT molecular complexity index is 601. The van der Waals surface area contributed by atoms with Gasteiger partial charge in [-0.25, -0.2) is 0 Å². The molecule has 1 unspecified atom stereocenters. The smallest absolute Gasteiger partial charge is 0.194 e. The molecule has 26 heavy (non-hydrogen) atoms. The minimum absolute atomic E-state index is 0.244. The lowest BCUT2D eigenvalue weighted by atomic mass is 10.1. The van der Waals surface area contributed by atoms with Crippen molar-refractivity contribution >= 4 is 5.96 Å². The number of aliphatic hydroxyl groups excluding tert-OH is 1. The fourth-order valence-corrected chi connectivity index (χ4v) is 3.87. The summed E-state index contributed by atoms with van der Waals surface area (Å²) >= 11 is 0. The van der Waals surface area contributed by atoms with Crippen molar-refractivity contribution in [3.63, 3.8) is 0 Å². The minimum Gasteiger partial charge on any atom is -0.497 e. The van der Waals surface area contributed by atoms with Gasteiger partial charge in [-0.05, 0) is 57.0 Å². The van der Waals surface area contributed by atoms with E-state index in [0.29, 0.717) is 13.1 Å². The number of ether oxygens (including phenoxy) is 1. The van der Waals surface area contributed by atoms with Gasteiger partial charge in [0.1, 0.15) is 5.75 Å². The Kier molecular flexibility index (Phi) is 6.74. The van der Waals surface area contributed by atoms with E-state index in [2.05, 4.69) is 40.2 Å². The van der Waals surface area contributed by atoms with E-state index in [9.17, 15) is 5.11 Å². The van der Waals surface area contributed by atoms with Gasteiger partial charge in [0.15, 0.2) is 5.96 Å². The van der Waals surface area contributed by atoms with E-state index in [4.69, 9.17) is 9.73 Å². The summed E-state index contributed by atoms with van der Waals surface area (Å²) in [6.07, 6.45) is 3.08. The number of rotatable bonds is 6. The third-order valence-corrected chi connectivity index (χ3v) is 5.27. The van der Waals surface area contributed by atoms with Crippen LogP contribution < -0.4 is 10.1 Å². The van der Waals surface area contributed by atoms with Crippen LogP contribution in [-0.4, -0.2) is 73.3 Å². The number of aliphatic hydroxyl groups is 1. The number of hydrogen-bond donors (Lipinski definition) is 2. The zero-order valence-electron chi connectivity index (χ0n) is 16.0. The normalized spacial score (nSPS) is 22.7. The Morgan fingerprint density at radius 2 is 2.15 bits per heavy atom. The third-order valence-electron chi connectivity index (χ3n) is 5.27. The Labute approximate surface area is 156 Å². The molecule has 2 aliphatic heterocycles. The van der Waals surface area contributed by atoms with Crippen molar-refractivity contribution < 1.29 is 9.84 Å². The van der Waals surface area contributed by atoms with E-state index in [1.807, 2.05) is 6.07 Å². The number of likely N-dealkylation sites (tertiary alicyclic amines) is 2. The SMILES string of the molecule is CCNC(=NCC(c1cccc(OC)c1)N1CCCC1)N1CC[C@@H](O)C1. The summed E-state index contributed by atoms with van der Waals surface area (Å²) in [5.41, 5.74) is 1.26. The van der Waals surface area contributed by atoms with Crippen LogP contribution in [0.15, 0.2) is 29.3 Å². The maximum atomic E-state index is 9.86. The number of β-amino-alcohol motifs (C(OH)–C–C–N with tert-alkyl or cyclic N) is 1. The van der Waals surface area contributed by atoms with Gasteiger partial charge < -0.3 is 20.1 Å². The monoisotopic (exact) mass is 360 g/mol. The van der Waals surface area contributed by atoms with Gasteiger partial charge in [-0.2, -0.15) is 0 Å². The van der Waals surface area contributed by atoms with Gasteiger partial charge in [-0.15, -0.1) is 0 Å².